The van der Waals surface area contributed by atoms with E-state index in [1.54, 1.807) is 4.80 Å². The smallest absolute Gasteiger partial charge is 0.0969 e. The van der Waals surface area contributed by atoms with Crippen LogP contribution < -0.4 is 5.32 Å². The van der Waals surface area contributed by atoms with Crippen molar-refractivity contribution >= 4 is 11.6 Å². The molecular formula is C17H22ClN5. The van der Waals surface area contributed by atoms with Crippen LogP contribution in [0.25, 0.3) is 5.69 Å². The van der Waals surface area contributed by atoms with E-state index in [0.717, 1.165) is 35.0 Å². The van der Waals surface area contributed by atoms with Gasteiger partial charge in [-0.3, -0.25) is 0 Å². The number of benzene rings is 1. The monoisotopic (exact) mass is 331 g/mol. The number of hydrogen-bond donors (Lipinski definition) is 1. The molecule has 2 aliphatic rings. The van der Waals surface area contributed by atoms with Gasteiger partial charge in [-0.25, -0.2) is 0 Å². The molecule has 0 saturated carbocycles. The fraction of sp³-hybridized carbons (Fsp3) is 0.529. The first-order chi connectivity index (χ1) is 11.2. The molecule has 2 fully saturated rings. The van der Waals surface area contributed by atoms with E-state index in [0.29, 0.717) is 6.04 Å². The number of piperidine rings is 1. The van der Waals surface area contributed by atoms with Crippen LogP contribution in [0.3, 0.4) is 0 Å². The van der Waals surface area contributed by atoms with Gasteiger partial charge in [-0.1, -0.05) is 11.6 Å². The van der Waals surface area contributed by atoms with E-state index in [9.17, 15) is 0 Å². The first-order valence-corrected chi connectivity index (χ1v) is 8.69. The second-order valence-electron chi connectivity index (χ2n) is 6.70. The van der Waals surface area contributed by atoms with Gasteiger partial charge < -0.3 is 10.2 Å². The van der Waals surface area contributed by atoms with Crippen molar-refractivity contribution in [1.82, 2.24) is 25.2 Å². The van der Waals surface area contributed by atoms with Gasteiger partial charge in [0, 0.05) is 29.7 Å². The van der Waals surface area contributed by atoms with Crippen molar-refractivity contribution < 1.29 is 0 Å². The highest BCUT2D eigenvalue weighted by atomic mass is 35.5. The summed E-state index contributed by atoms with van der Waals surface area (Å²) in [5.74, 6) is 0. The van der Waals surface area contributed by atoms with E-state index >= 15 is 0 Å². The molecular weight excluding hydrogens is 310 g/mol. The van der Waals surface area contributed by atoms with Gasteiger partial charge in [0.05, 0.1) is 17.6 Å². The summed E-state index contributed by atoms with van der Waals surface area (Å²) in [4.78, 5) is 4.22. The number of rotatable bonds is 4. The lowest BCUT2D eigenvalue weighted by atomic mass is 9.98. The van der Waals surface area contributed by atoms with E-state index in [2.05, 4.69) is 27.5 Å². The summed E-state index contributed by atoms with van der Waals surface area (Å²) in [6.45, 7) is 0.779. The molecule has 23 heavy (non-hydrogen) atoms. The largest absolute Gasteiger partial charge is 0.308 e. The van der Waals surface area contributed by atoms with Crippen LogP contribution in [-0.2, 0) is 6.54 Å². The average molecular weight is 332 g/mol. The van der Waals surface area contributed by atoms with Crippen molar-refractivity contribution in [1.29, 1.82) is 0 Å². The van der Waals surface area contributed by atoms with Gasteiger partial charge >= 0.3 is 0 Å². The van der Waals surface area contributed by atoms with Crippen LogP contribution in [0.15, 0.2) is 30.5 Å². The molecule has 1 N–H and O–H groups in total. The summed E-state index contributed by atoms with van der Waals surface area (Å²) in [5.41, 5.74) is 1.91. The molecule has 2 bridgehead atoms. The Hall–Kier alpha value is -1.43. The van der Waals surface area contributed by atoms with Crippen molar-refractivity contribution in [2.45, 2.75) is 50.4 Å². The summed E-state index contributed by atoms with van der Waals surface area (Å²) >= 11 is 5.92. The number of fused-ring (bicyclic) bond motifs is 2. The summed E-state index contributed by atoms with van der Waals surface area (Å²) in [7, 11) is 2.27. The molecule has 122 valence electrons. The summed E-state index contributed by atoms with van der Waals surface area (Å²) < 4.78 is 0. The molecule has 0 radical (unpaired) electrons. The van der Waals surface area contributed by atoms with Gasteiger partial charge in [0.25, 0.3) is 0 Å². The Labute approximate surface area is 141 Å². The van der Waals surface area contributed by atoms with E-state index in [1.807, 2.05) is 30.5 Å². The highest BCUT2D eigenvalue weighted by Crippen LogP contribution is 2.34. The number of halogens is 1. The van der Waals surface area contributed by atoms with Crippen LogP contribution in [0.5, 0.6) is 0 Å². The van der Waals surface area contributed by atoms with Crippen LogP contribution >= 0.6 is 11.6 Å². The Kier molecular flexibility index (Phi) is 4.09. The molecule has 2 aromatic rings. The lowest BCUT2D eigenvalue weighted by molar-refractivity contribution is 0.148. The van der Waals surface area contributed by atoms with Crippen LogP contribution in [0.1, 0.15) is 31.4 Å². The van der Waals surface area contributed by atoms with E-state index in [4.69, 9.17) is 11.6 Å². The maximum Gasteiger partial charge on any atom is 0.0969 e. The van der Waals surface area contributed by atoms with Crippen LogP contribution in [-0.4, -0.2) is 45.1 Å². The quantitative estimate of drug-likeness (QED) is 0.935. The summed E-state index contributed by atoms with van der Waals surface area (Å²) in [5, 5.41) is 13.3. The van der Waals surface area contributed by atoms with Gasteiger partial charge in [-0.2, -0.15) is 15.0 Å². The van der Waals surface area contributed by atoms with Crippen LogP contribution in [0.4, 0.5) is 0 Å². The zero-order valence-electron chi connectivity index (χ0n) is 13.3. The molecule has 1 aromatic heterocycles. The van der Waals surface area contributed by atoms with Crippen LogP contribution in [0, 0.1) is 0 Å². The molecule has 2 saturated heterocycles. The fourth-order valence-electron chi connectivity index (χ4n) is 3.90. The molecule has 3 heterocycles. The topological polar surface area (TPSA) is 46.0 Å². The Morgan fingerprint density at radius 3 is 2.57 bits per heavy atom. The molecule has 4 rings (SSSR count). The summed E-state index contributed by atoms with van der Waals surface area (Å²) in [6.07, 6.45) is 7.04. The van der Waals surface area contributed by atoms with Crippen molar-refractivity contribution in [3.05, 3.63) is 41.2 Å². The molecule has 2 atom stereocenters. The Bertz CT molecular complexity index is 654. The highest BCUT2D eigenvalue weighted by molar-refractivity contribution is 6.30. The second-order valence-corrected chi connectivity index (χ2v) is 7.14. The third kappa shape index (κ3) is 3.13. The standard InChI is InChI=1S/C17H22ClN5/c1-22-16-6-7-17(22)9-13(8-16)19-10-14-11-20-23(21-14)15-4-2-12(18)3-5-15/h2-5,11,13,16-17,19H,6-10H2,1H3. The number of hydrogen-bond acceptors (Lipinski definition) is 4. The van der Waals surface area contributed by atoms with Crippen molar-refractivity contribution in [3.63, 3.8) is 0 Å². The van der Waals surface area contributed by atoms with Gasteiger partial charge in [-0.15, -0.1) is 0 Å². The first-order valence-electron chi connectivity index (χ1n) is 8.31. The maximum atomic E-state index is 5.92. The summed E-state index contributed by atoms with van der Waals surface area (Å²) in [6, 6.07) is 9.68. The van der Waals surface area contributed by atoms with E-state index < -0.39 is 0 Å². The Morgan fingerprint density at radius 1 is 1.17 bits per heavy atom. The minimum atomic E-state index is 0.601. The average Bonchev–Trinajstić information content (AvgIpc) is 3.08. The minimum Gasteiger partial charge on any atom is -0.308 e. The molecule has 1 aromatic carbocycles. The number of nitrogens with one attached hydrogen (secondary N) is 1. The van der Waals surface area contributed by atoms with Crippen molar-refractivity contribution in [2.75, 3.05) is 7.05 Å². The Morgan fingerprint density at radius 2 is 1.87 bits per heavy atom. The predicted molar refractivity (Wildman–Crippen MR) is 90.8 cm³/mol. The molecule has 6 heteroatoms. The van der Waals surface area contributed by atoms with E-state index in [-0.39, 0.29) is 0 Å². The lowest BCUT2D eigenvalue weighted by Gasteiger charge is -2.36. The normalized spacial score (nSPS) is 27.5. The van der Waals surface area contributed by atoms with Crippen molar-refractivity contribution in [2.24, 2.45) is 0 Å². The third-order valence-electron chi connectivity index (χ3n) is 5.27. The van der Waals surface area contributed by atoms with Crippen LogP contribution in [0.2, 0.25) is 5.02 Å². The SMILES string of the molecule is CN1C2CCC1CC(NCc1cnn(-c3ccc(Cl)cc3)n1)C2. The van der Waals surface area contributed by atoms with Gasteiger partial charge in [0.15, 0.2) is 0 Å². The van der Waals surface area contributed by atoms with E-state index in [1.165, 1.54) is 25.7 Å². The highest BCUT2D eigenvalue weighted by Gasteiger charge is 2.38. The fourth-order valence-corrected chi connectivity index (χ4v) is 4.03. The number of aromatic nitrogens is 3. The van der Waals surface area contributed by atoms with Gasteiger partial charge in [0.1, 0.15) is 0 Å². The lowest BCUT2D eigenvalue weighted by Crippen LogP contribution is -2.47. The predicted octanol–water partition coefficient (Wildman–Crippen LogP) is 2.64. The molecule has 5 nitrogen and oxygen atoms in total. The van der Waals surface area contributed by atoms with Crippen molar-refractivity contribution in [3.8, 4) is 5.69 Å². The molecule has 2 unspecified atom stereocenters. The maximum absolute atomic E-state index is 5.92. The van der Waals surface area contributed by atoms with Gasteiger partial charge in [-0.05, 0) is 57.0 Å². The zero-order valence-corrected chi connectivity index (χ0v) is 14.1. The first kappa shape index (κ1) is 15.1. The molecule has 2 aliphatic heterocycles. The minimum absolute atomic E-state index is 0.601. The molecule has 0 spiro atoms. The molecule has 0 amide bonds. The third-order valence-corrected chi connectivity index (χ3v) is 5.52. The second kappa shape index (κ2) is 6.23. The zero-order chi connectivity index (χ0) is 15.8. The Balaban J connectivity index is 1.36. The van der Waals surface area contributed by atoms with Gasteiger partial charge in [0.2, 0.25) is 0 Å². The number of nitrogens with zero attached hydrogens (tertiary/aromatic N) is 4. The molecule has 0 aliphatic carbocycles.